The molecule has 0 aromatic carbocycles. The zero-order valence-electron chi connectivity index (χ0n) is 10.2. The van der Waals surface area contributed by atoms with Crippen LogP contribution in [0.15, 0.2) is 6.33 Å². The second-order valence-electron chi connectivity index (χ2n) is 5.21. The molecule has 17 heavy (non-hydrogen) atoms. The first-order valence-electron chi connectivity index (χ1n) is 6.51. The molecule has 0 amide bonds. The molecular weight excluding hydrogens is 234 g/mol. The van der Waals surface area contributed by atoms with Crippen LogP contribution in [-0.2, 0) is 0 Å². The van der Waals surface area contributed by atoms with Gasteiger partial charge in [-0.1, -0.05) is 18.0 Å². The van der Waals surface area contributed by atoms with Crippen molar-refractivity contribution in [3.8, 4) is 0 Å². The summed E-state index contributed by atoms with van der Waals surface area (Å²) in [6, 6.07) is 0.688. The van der Waals surface area contributed by atoms with Gasteiger partial charge in [-0.3, -0.25) is 0 Å². The number of halogens is 1. The Morgan fingerprint density at radius 1 is 1.24 bits per heavy atom. The van der Waals surface area contributed by atoms with Crippen LogP contribution in [0.5, 0.6) is 0 Å². The maximum atomic E-state index is 6.10. The number of nitrogens with zero attached hydrogens (tertiary/aromatic N) is 3. The first-order valence-corrected chi connectivity index (χ1v) is 6.89. The average molecular weight is 252 g/mol. The van der Waals surface area contributed by atoms with Gasteiger partial charge >= 0.3 is 0 Å². The molecule has 1 aromatic rings. The van der Waals surface area contributed by atoms with Crippen molar-refractivity contribution in [1.82, 2.24) is 9.97 Å². The molecule has 0 radical (unpaired) electrons. The molecule has 3 nitrogen and oxygen atoms in total. The van der Waals surface area contributed by atoms with Gasteiger partial charge < -0.3 is 4.90 Å². The number of anilines is 1. The first-order chi connectivity index (χ1) is 8.27. The van der Waals surface area contributed by atoms with Crippen molar-refractivity contribution < 1.29 is 0 Å². The van der Waals surface area contributed by atoms with E-state index in [9.17, 15) is 0 Å². The summed E-state index contributed by atoms with van der Waals surface area (Å²) in [5, 5.41) is 0.593. The van der Waals surface area contributed by atoms with E-state index >= 15 is 0 Å². The number of rotatable bonds is 1. The highest BCUT2D eigenvalue weighted by Crippen LogP contribution is 2.39. The Hall–Kier alpha value is -0.830. The maximum absolute atomic E-state index is 6.10. The van der Waals surface area contributed by atoms with Crippen LogP contribution in [0, 0.1) is 12.8 Å². The quantitative estimate of drug-likeness (QED) is 0.718. The Balaban J connectivity index is 1.94. The fourth-order valence-electron chi connectivity index (χ4n) is 3.43. The van der Waals surface area contributed by atoms with Gasteiger partial charge in [-0.25, -0.2) is 9.97 Å². The zero-order chi connectivity index (χ0) is 11.8. The Morgan fingerprint density at radius 3 is 2.94 bits per heavy atom. The van der Waals surface area contributed by atoms with E-state index in [-0.39, 0.29) is 0 Å². The highest BCUT2D eigenvalue weighted by Gasteiger charge is 2.36. The molecular formula is C13H18ClN3. The lowest BCUT2D eigenvalue weighted by atomic mass is 9.92. The van der Waals surface area contributed by atoms with Gasteiger partial charge in [0.1, 0.15) is 17.3 Å². The molecule has 1 saturated carbocycles. The summed E-state index contributed by atoms with van der Waals surface area (Å²) in [5.41, 5.74) is 1.03. The standard InChI is InChI=1S/C13H18ClN3/c1-9-12(14)15-8-16-13(9)17-7-3-5-10-4-2-6-11(10)17/h8,10-11H,2-7H2,1H3. The third-order valence-corrected chi connectivity index (χ3v) is 4.64. The first kappa shape index (κ1) is 11.3. The molecule has 1 aliphatic heterocycles. The molecule has 2 fully saturated rings. The van der Waals surface area contributed by atoms with E-state index in [1.54, 1.807) is 6.33 Å². The normalized spacial score (nSPS) is 28.2. The molecule has 2 aliphatic rings. The van der Waals surface area contributed by atoms with Gasteiger partial charge in [0.2, 0.25) is 0 Å². The lowest BCUT2D eigenvalue weighted by molar-refractivity contribution is 0.360. The van der Waals surface area contributed by atoms with Crippen LogP contribution in [-0.4, -0.2) is 22.6 Å². The van der Waals surface area contributed by atoms with Crippen LogP contribution in [0.1, 0.15) is 37.7 Å². The largest absolute Gasteiger partial charge is 0.353 e. The third-order valence-electron chi connectivity index (χ3n) is 4.26. The lowest BCUT2D eigenvalue weighted by Gasteiger charge is -2.39. The minimum atomic E-state index is 0.593. The smallest absolute Gasteiger partial charge is 0.137 e. The van der Waals surface area contributed by atoms with Crippen molar-refractivity contribution in [3.63, 3.8) is 0 Å². The van der Waals surface area contributed by atoms with E-state index in [0.29, 0.717) is 11.2 Å². The summed E-state index contributed by atoms with van der Waals surface area (Å²) in [5.74, 6) is 1.93. The Kier molecular flexibility index (Phi) is 2.95. The second kappa shape index (κ2) is 4.45. The summed E-state index contributed by atoms with van der Waals surface area (Å²) < 4.78 is 0. The van der Waals surface area contributed by atoms with Crippen molar-refractivity contribution in [1.29, 1.82) is 0 Å². The van der Waals surface area contributed by atoms with E-state index in [1.807, 2.05) is 6.92 Å². The molecule has 1 saturated heterocycles. The number of piperidine rings is 1. The van der Waals surface area contributed by atoms with E-state index in [4.69, 9.17) is 11.6 Å². The van der Waals surface area contributed by atoms with Crippen molar-refractivity contribution in [2.45, 2.75) is 45.1 Å². The van der Waals surface area contributed by atoms with Crippen LogP contribution in [0.3, 0.4) is 0 Å². The van der Waals surface area contributed by atoms with Gasteiger partial charge in [0.15, 0.2) is 0 Å². The zero-order valence-corrected chi connectivity index (χ0v) is 11.0. The number of aromatic nitrogens is 2. The van der Waals surface area contributed by atoms with Crippen LogP contribution in [0.2, 0.25) is 5.15 Å². The minimum absolute atomic E-state index is 0.593. The van der Waals surface area contributed by atoms with Crippen LogP contribution in [0.25, 0.3) is 0 Å². The molecule has 0 spiro atoms. The molecule has 0 N–H and O–H groups in total. The molecule has 92 valence electrons. The molecule has 0 bridgehead atoms. The summed E-state index contributed by atoms with van der Waals surface area (Å²) in [7, 11) is 0. The molecule has 3 rings (SSSR count). The highest BCUT2D eigenvalue weighted by molar-refractivity contribution is 6.30. The van der Waals surface area contributed by atoms with E-state index in [1.165, 1.54) is 32.1 Å². The van der Waals surface area contributed by atoms with Crippen LogP contribution < -0.4 is 4.90 Å². The Bertz CT molecular complexity index is 421. The van der Waals surface area contributed by atoms with Crippen molar-refractivity contribution >= 4 is 17.4 Å². The van der Waals surface area contributed by atoms with Crippen LogP contribution in [0.4, 0.5) is 5.82 Å². The van der Waals surface area contributed by atoms with E-state index < -0.39 is 0 Å². The fraction of sp³-hybridized carbons (Fsp3) is 0.692. The minimum Gasteiger partial charge on any atom is -0.353 e. The maximum Gasteiger partial charge on any atom is 0.137 e. The number of hydrogen-bond acceptors (Lipinski definition) is 3. The molecule has 1 aliphatic carbocycles. The predicted molar refractivity (Wildman–Crippen MR) is 69.5 cm³/mol. The van der Waals surface area contributed by atoms with E-state index in [2.05, 4.69) is 14.9 Å². The lowest BCUT2D eigenvalue weighted by Crippen LogP contribution is -2.43. The summed E-state index contributed by atoms with van der Waals surface area (Å²) >= 11 is 6.10. The molecule has 1 aromatic heterocycles. The van der Waals surface area contributed by atoms with E-state index in [0.717, 1.165) is 23.8 Å². The van der Waals surface area contributed by atoms with Crippen molar-refractivity contribution in [3.05, 3.63) is 17.0 Å². The topological polar surface area (TPSA) is 29.0 Å². The summed E-state index contributed by atoms with van der Waals surface area (Å²) in [6.07, 6.45) is 8.32. The highest BCUT2D eigenvalue weighted by atomic mass is 35.5. The fourth-order valence-corrected chi connectivity index (χ4v) is 3.55. The van der Waals surface area contributed by atoms with Crippen LogP contribution >= 0.6 is 11.6 Å². The average Bonchev–Trinajstić information content (AvgIpc) is 2.81. The molecule has 2 atom stereocenters. The number of fused-ring (bicyclic) bond motifs is 1. The van der Waals surface area contributed by atoms with Gasteiger partial charge in [-0.15, -0.1) is 0 Å². The summed E-state index contributed by atoms with van der Waals surface area (Å²) in [4.78, 5) is 11.0. The van der Waals surface area contributed by atoms with Gasteiger partial charge in [0.25, 0.3) is 0 Å². The monoisotopic (exact) mass is 251 g/mol. The van der Waals surface area contributed by atoms with Gasteiger partial charge in [-0.05, 0) is 38.5 Å². The molecule has 2 heterocycles. The number of hydrogen-bond donors (Lipinski definition) is 0. The Labute approximate surface area is 107 Å². The van der Waals surface area contributed by atoms with Gasteiger partial charge in [-0.2, -0.15) is 0 Å². The summed E-state index contributed by atoms with van der Waals surface area (Å²) in [6.45, 7) is 3.14. The van der Waals surface area contributed by atoms with Gasteiger partial charge in [0, 0.05) is 18.2 Å². The van der Waals surface area contributed by atoms with Crippen molar-refractivity contribution in [2.24, 2.45) is 5.92 Å². The second-order valence-corrected chi connectivity index (χ2v) is 5.57. The third kappa shape index (κ3) is 1.90. The predicted octanol–water partition coefficient (Wildman–Crippen LogP) is 3.21. The molecule has 4 heteroatoms. The van der Waals surface area contributed by atoms with Crippen molar-refractivity contribution in [2.75, 3.05) is 11.4 Å². The SMILES string of the molecule is Cc1c(Cl)ncnc1N1CCCC2CCCC21. The Morgan fingerprint density at radius 2 is 2.06 bits per heavy atom. The molecule has 2 unspecified atom stereocenters. The van der Waals surface area contributed by atoms with Gasteiger partial charge in [0.05, 0.1) is 0 Å².